The number of rotatable bonds is 8. The first kappa shape index (κ1) is 21.2. The van der Waals surface area contributed by atoms with Gasteiger partial charge in [-0.05, 0) is 22.6 Å². The number of hydrogen-bond donors (Lipinski definition) is 3. The Bertz CT molecular complexity index is 817. The summed E-state index contributed by atoms with van der Waals surface area (Å²) in [5.41, 5.74) is 8.53. The van der Waals surface area contributed by atoms with Crippen molar-refractivity contribution in [3.8, 4) is 11.1 Å². The van der Waals surface area contributed by atoms with E-state index >= 15 is 0 Å². The first-order valence-electron chi connectivity index (χ1n) is 9.29. The number of nitrogens with two attached hydrogens (primary N) is 1. The van der Waals surface area contributed by atoms with Gasteiger partial charge in [0, 0.05) is 13.3 Å². The van der Waals surface area contributed by atoms with Crippen molar-refractivity contribution in [3.63, 3.8) is 0 Å². The number of primary amides is 1. The molecule has 0 aliphatic heterocycles. The minimum Gasteiger partial charge on any atom is -0.368 e. The lowest BCUT2D eigenvalue weighted by atomic mass is 9.99. The van der Waals surface area contributed by atoms with Gasteiger partial charge in [-0.2, -0.15) is 0 Å². The first-order valence-corrected chi connectivity index (χ1v) is 9.29. The molecule has 2 atom stereocenters. The van der Waals surface area contributed by atoms with Gasteiger partial charge in [-0.25, -0.2) is 0 Å². The van der Waals surface area contributed by atoms with Crippen LogP contribution in [0, 0.1) is 5.92 Å². The van der Waals surface area contributed by atoms with E-state index in [1.54, 1.807) is 0 Å². The summed E-state index contributed by atoms with van der Waals surface area (Å²) in [6, 6.07) is 16.1. The van der Waals surface area contributed by atoms with Gasteiger partial charge >= 0.3 is 0 Å². The molecule has 28 heavy (non-hydrogen) atoms. The largest absolute Gasteiger partial charge is 0.368 e. The van der Waals surface area contributed by atoms with Gasteiger partial charge in [0.15, 0.2) is 0 Å². The molecule has 0 fully saturated rings. The molecular formula is C22H27N3O3. The van der Waals surface area contributed by atoms with Gasteiger partial charge in [-0.3, -0.25) is 14.4 Å². The van der Waals surface area contributed by atoms with Crippen molar-refractivity contribution < 1.29 is 14.4 Å². The molecule has 0 radical (unpaired) electrons. The van der Waals surface area contributed by atoms with Gasteiger partial charge in [-0.15, -0.1) is 0 Å². The Morgan fingerprint density at radius 3 is 1.96 bits per heavy atom. The van der Waals surface area contributed by atoms with E-state index in [1.165, 1.54) is 6.92 Å². The fourth-order valence-corrected chi connectivity index (χ4v) is 2.94. The van der Waals surface area contributed by atoms with Crippen LogP contribution in [-0.4, -0.2) is 29.8 Å². The quantitative estimate of drug-likeness (QED) is 0.652. The maximum absolute atomic E-state index is 12.5. The molecule has 0 saturated carbocycles. The number of hydrogen-bond acceptors (Lipinski definition) is 3. The van der Waals surface area contributed by atoms with Gasteiger partial charge in [0.2, 0.25) is 17.7 Å². The van der Waals surface area contributed by atoms with E-state index in [9.17, 15) is 14.4 Å². The Morgan fingerprint density at radius 2 is 1.46 bits per heavy atom. The molecule has 0 heterocycles. The van der Waals surface area contributed by atoms with Crippen LogP contribution in [0.2, 0.25) is 0 Å². The van der Waals surface area contributed by atoms with Crippen molar-refractivity contribution in [1.29, 1.82) is 0 Å². The Labute approximate surface area is 165 Å². The van der Waals surface area contributed by atoms with Crippen molar-refractivity contribution in [3.05, 3.63) is 60.2 Å². The van der Waals surface area contributed by atoms with Crippen molar-refractivity contribution in [2.75, 3.05) is 0 Å². The van der Waals surface area contributed by atoms with E-state index in [-0.39, 0.29) is 18.2 Å². The summed E-state index contributed by atoms with van der Waals surface area (Å²) in [6.45, 7) is 4.99. The van der Waals surface area contributed by atoms with Gasteiger partial charge in [-0.1, -0.05) is 68.4 Å². The van der Waals surface area contributed by atoms with E-state index < -0.39 is 23.9 Å². The lowest BCUT2D eigenvalue weighted by Crippen LogP contribution is -2.55. The van der Waals surface area contributed by atoms with Crippen LogP contribution in [0.4, 0.5) is 0 Å². The van der Waals surface area contributed by atoms with E-state index in [2.05, 4.69) is 10.6 Å². The number of nitrogens with one attached hydrogen (secondary N) is 2. The minimum atomic E-state index is -0.856. The van der Waals surface area contributed by atoms with Gasteiger partial charge < -0.3 is 16.4 Å². The van der Waals surface area contributed by atoms with Crippen LogP contribution < -0.4 is 16.4 Å². The summed E-state index contributed by atoms with van der Waals surface area (Å²) in [5, 5.41) is 5.28. The lowest BCUT2D eigenvalue weighted by Gasteiger charge is -2.24. The van der Waals surface area contributed by atoms with E-state index in [0.29, 0.717) is 0 Å². The fourth-order valence-electron chi connectivity index (χ4n) is 2.94. The molecule has 148 valence electrons. The summed E-state index contributed by atoms with van der Waals surface area (Å²) >= 11 is 0. The van der Waals surface area contributed by atoms with Crippen molar-refractivity contribution in [2.24, 2.45) is 11.7 Å². The molecule has 0 aromatic heterocycles. The van der Waals surface area contributed by atoms with Gasteiger partial charge in [0.05, 0.1) is 0 Å². The SMILES string of the molecule is CC(=O)N[C@@H](C(=O)N[C@H](Cc1ccc(-c2ccccc2)cc1)C(N)=O)C(C)C. The second-order valence-electron chi connectivity index (χ2n) is 7.15. The molecule has 0 bridgehead atoms. The number of carbonyl (C=O) groups is 3. The van der Waals surface area contributed by atoms with Crippen molar-refractivity contribution in [1.82, 2.24) is 10.6 Å². The van der Waals surface area contributed by atoms with Gasteiger partial charge in [0.25, 0.3) is 0 Å². The molecule has 4 N–H and O–H groups in total. The predicted octanol–water partition coefficient (Wildman–Crippen LogP) is 2.03. The molecule has 0 saturated heterocycles. The van der Waals surface area contributed by atoms with E-state index in [0.717, 1.165) is 16.7 Å². The molecule has 0 aliphatic rings. The normalized spacial score (nSPS) is 12.9. The zero-order chi connectivity index (χ0) is 20.7. The number of benzene rings is 2. The zero-order valence-electron chi connectivity index (χ0n) is 16.4. The van der Waals surface area contributed by atoms with Crippen LogP contribution >= 0.6 is 0 Å². The molecule has 0 spiro atoms. The molecule has 6 heteroatoms. The summed E-state index contributed by atoms with van der Waals surface area (Å²) in [7, 11) is 0. The molecule has 0 unspecified atom stereocenters. The van der Waals surface area contributed by atoms with Crippen LogP contribution in [-0.2, 0) is 20.8 Å². The monoisotopic (exact) mass is 381 g/mol. The summed E-state index contributed by atoms with van der Waals surface area (Å²) < 4.78 is 0. The standard InChI is InChI=1S/C22H27N3O3/c1-14(2)20(24-15(3)26)22(28)25-19(21(23)27)13-16-9-11-18(12-10-16)17-7-5-4-6-8-17/h4-12,14,19-20H,13H2,1-3H3,(H2,23,27)(H,24,26)(H,25,28)/t19-,20-/m1/s1. The summed E-state index contributed by atoms with van der Waals surface area (Å²) in [5.74, 6) is -1.47. The smallest absolute Gasteiger partial charge is 0.243 e. The predicted molar refractivity (Wildman–Crippen MR) is 109 cm³/mol. The molecule has 0 aliphatic carbocycles. The summed E-state index contributed by atoms with van der Waals surface area (Å²) in [6.07, 6.45) is 0.279. The highest BCUT2D eigenvalue weighted by molar-refractivity contribution is 5.91. The molecular weight excluding hydrogens is 354 g/mol. The highest BCUT2D eigenvalue weighted by Gasteiger charge is 2.27. The Morgan fingerprint density at radius 1 is 0.893 bits per heavy atom. The molecule has 3 amide bonds. The third kappa shape index (κ3) is 5.94. The molecule has 6 nitrogen and oxygen atoms in total. The Hall–Kier alpha value is -3.15. The average molecular weight is 381 g/mol. The second kappa shape index (κ2) is 9.69. The molecule has 2 aromatic carbocycles. The Balaban J connectivity index is 2.09. The van der Waals surface area contributed by atoms with Crippen molar-refractivity contribution in [2.45, 2.75) is 39.3 Å². The van der Waals surface area contributed by atoms with Crippen LogP contribution in [0.25, 0.3) is 11.1 Å². The lowest BCUT2D eigenvalue weighted by molar-refractivity contribution is -0.131. The third-order valence-corrected chi connectivity index (χ3v) is 4.47. The average Bonchev–Trinajstić information content (AvgIpc) is 2.66. The number of amides is 3. The third-order valence-electron chi connectivity index (χ3n) is 4.47. The Kier molecular flexibility index (Phi) is 7.32. The topological polar surface area (TPSA) is 101 Å². The zero-order valence-corrected chi connectivity index (χ0v) is 16.4. The highest BCUT2D eigenvalue weighted by atomic mass is 16.2. The van der Waals surface area contributed by atoms with E-state index in [1.807, 2.05) is 68.4 Å². The molecule has 2 rings (SSSR count). The van der Waals surface area contributed by atoms with Gasteiger partial charge in [0.1, 0.15) is 12.1 Å². The second-order valence-corrected chi connectivity index (χ2v) is 7.15. The van der Waals surface area contributed by atoms with E-state index in [4.69, 9.17) is 5.73 Å². The van der Waals surface area contributed by atoms with Crippen molar-refractivity contribution >= 4 is 17.7 Å². The summed E-state index contributed by atoms with van der Waals surface area (Å²) in [4.78, 5) is 35.7. The molecule has 2 aromatic rings. The number of carbonyl (C=O) groups excluding carboxylic acids is 3. The maximum Gasteiger partial charge on any atom is 0.243 e. The highest BCUT2D eigenvalue weighted by Crippen LogP contribution is 2.19. The van der Waals surface area contributed by atoms with Crippen LogP contribution in [0.5, 0.6) is 0 Å². The maximum atomic E-state index is 12.5. The minimum absolute atomic E-state index is 0.123. The van der Waals surface area contributed by atoms with Crippen LogP contribution in [0.15, 0.2) is 54.6 Å². The fraction of sp³-hybridized carbons (Fsp3) is 0.318. The first-order chi connectivity index (χ1) is 13.3. The van der Waals surface area contributed by atoms with Crippen LogP contribution in [0.1, 0.15) is 26.3 Å². The van der Waals surface area contributed by atoms with Crippen LogP contribution in [0.3, 0.4) is 0 Å².